The Balaban J connectivity index is 1.66. The van der Waals surface area contributed by atoms with Crippen LogP contribution in [-0.2, 0) is 0 Å². The summed E-state index contributed by atoms with van der Waals surface area (Å²) < 4.78 is 7.65. The molecule has 0 radical (unpaired) electrons. The van der Waals surface area contributed by atoms with E-state index >= 15 is 0 Å². The van der Waals surface area contributed by atoms with Crippen molar-refractivity contribution in [2.24, 2.45) is 0 Å². The largest absolute Gasteiger partial charge is 0.493 e. The Hall–Kier alpha value is -1.88. The highest BCUT2D eigenvalue weighted by Gasteiger charge is 2.21. The third kappa shape index (κ3) is 2.85. The van der Waals surface area contributed by atoms with E-state index in [2.05, 4.69) is 6.07 Å². The Bertz CT molecular complexity index is 770. The normalized spacial score (nSPS) is 16.0. The van der Waals surface area contributed by atoms with Crippen molar-refractivity contribution < 1.29 is 4.74 Å². The summed E-state index contributed by atoms with van der Waals surface area (Å²) >= 11 is 1.74. The van der Waals surface area contributed by atoms with Crippen molar-refractivity contribution in [3.63, 3.8) is 0 Å². The maximum atomic E-state index is 5.72. The highest BCUT2D eigenvalue weighted by atomic mass is 32.1. The lowest BCUT2D eigenvalue weighted by Crippen LogP contribution is -2.04. The number of ether oxygens (including phenoxy) is 1. The number of hydrogen-bond donors (Lipinski definition) is 0. The molecule has 1 fully saturated rings. The van der Waals surface area contributed by atoms with Gasteiger partial charge in [-0.25, -0.2) is 9.50 Å². The standard InChI is InChI=1S/C18H21N3OS/c1-2-22-16-11-7-6-10-14(16)15-12-21-18(19-15)23-17(20-21)13-8-4-3-5-9-13/h6-7,10-13H,2-5,8-9H2,1H3. The number of hydrogen-bond acceptors (Lipinski definition) is 4. The molecule has 1 aliphatic carbocycles. The zero-order valence-electron chi connectivity index (χ0n) is 13.4. The van der Waals surface area contributed by atoms with Crippen molar-refractivity contribution in [2.75, 3.05) is 6.61 Å². The molecule has 1 saturated carbocycles. The Morgan fingerprint density at radius 3 is 2.83 bits per heavy atom. The van der Waals surface area contributed by atoms with E-state index in [4.69, 9.17) is 14.8 Å². The maximum Gasteiger partial charge on any atom is 0.212 e. The van der Waals surface area contributed by atoms with Gasteiger partial charge in [0.15, 0.2) is 0 Å². The SMILES string of the molecule is CCOc1ccccc1-c1cn2nc(C3CCCCC3)sc2n1. The average molecular weight is 327 g/mol. The number of aromatic nitrogens is 3. The zero-order valence-corrected chi connectivity index (χ0v) is 14.2. The van der Waals surface area contributed by atoms with Crippen LogP contribution < -0.4 is 4.74 Å². The van der Waals surface area contributed by atoms with Crippen LogP contribution in [0.5, 0.6) is 5.75 Å². The second-order valence-electron chi connectivity index (χ2n) is 6.06. The van der Waals surface area contributed by atoms with Crippen LogP contribution in [-0.4, -0.2) is 21.2 Å². The lowest BCUT2D eigenvalue weighted by Gasteiger charge is -2.18. The van der Waals surface area contributed by atoms with Gasteiger partial charge in [0.2, 0.25) is 4.96 Å². The van der Waals surface area contributed by atoms with Crippen LogP contribution in [0.2, 0.25) is 0 Å². The fourth-order valence-corrected chi connectivity index (χ4v) is 4.37. The Kier molecular flexibility index (Phi) is 4.04. The molecule has 1 aromatic carbocycles. The van der Waals surface area contributed by atoms with Crippen molar-refractivity contribution in [3.05, 3.63) is 35.5 Å². The van der Waals surface area contributed by atoms with Crippen LogP contribution in [0.3, 0.4) is 0 Å². The van der Waals surface area contributed by atoms with E-state index in [0.29, 0.717) is 12.5 Å². The van der Waals surface area contributed by atoms with Gasteiger partial charge >= 0.3 is 0 Å². The zero-order chi connectivity index (χ0) is 15.6. The van der Waals surface area contributed by atoms with Crippen molar-refractivity contribution in [2.45, 2.75) is 44.9 Å². The van der Waals surface area contributed by atoms with Gasteiger partial charge in [0, 0.05) is 11.5 Å². The van der Waals surface area contributed by atoms with Gasteiger partial charge in [-0.3, -0.25) is 0 Å². The molecule has 0 atom stereocenters. The topological polar surface area (TPSA) is 39.4 Å². The molecule has 0 N–H and O–H groups in total. The smallest absolute Gasteiger partial charge is 0.212 e. The summed E-state index contributed by atoms with van der Waals surface area (Å²) in [5, 5.41) is 6.04. The van der Waals surface area contributed by atoms with E-state index in [-0.39, 0.29) is 0 Å². The van der Waals surface area contributed by atoms with Gasteiger partial charge in [-0.05, 0) is 31.9 Å². The molecule has 0 bridgehead atoms. The molecule has 0 saturated heterocycles. The predicted molar refractivity (Wildman–Crippen MR) is 93.3 cm³/mol. The second kappa shape index (κ2) is 6.32. The molecule has 4 rings (SSSR count). The summed E-state index contributed by atoms with van der Waals surface area (Å²) in [5.41, 5.74) is 1.97. The Labute approximate surface area is 140 Å². The molecule has 0 aliphatic heterocycles. The van der Waals surface area contributed by atoms with E-state index in [1.54, 1.807) is 11.3 Å². The second-order valence-corrected chi connectivity index (χ2v) is 7.05. The molecule has 3 aromatic rings. The highest BCUT2D eigenvalue weighted by Crippen LogP contribution is 2.36. The van der Waals surface area contributed by atoms with E-state index in [9.17, 15) is 0 Å². The van der Waals surface area contributed by atoms with Crippen LogP contribution in [0.15, 0.2) is 30.5 Å². The molecule has 2 heterocycles. The number of para-hydroxylation sites is 1. The fraction of sp³-hybridized carbons (Fsp3) is 0.444. The van der Waals surface area contributed by atoms with Crippen LogP contribution in [0, 0.1) is 0 Å². The quantitative estimate of drug-likeness (QED) is 0.684. The van der Waals surface area contributed by atoms with Crippen molar-refractivity contribution in [1.29, 1.82) is 0 Å². The molecule has 0 spiro atoms. The molecule has 2 aromatic heterocycles. The number of imidazole rings is 1. The van der Waals surface area contributed by atoms with Gasteiger partial charge < -0.3 is 4.74 Å². The van der Waals surface area contributed by atoms with Gasteiger partial charge in [0.1, 0.15) is 10.8 Å². The van der Waals surface area contributed by atoms with Crippen molar-refractivity contribution in [1.82, 2.24) is 14.6 Å². The molecule has 120 valence electrons. The van der Waals surface area contributed by atoms with Gasteiger partial charge in [-0.15, -0.1) is 0 Å². The minimum atomic E-state index is 0.634. The summed E-state index contributed by atoms with van der Waals surface area (Å²) in [6.45, 7) is 2.66. The lowest BCUT2D eigenvalue weighted by atomic mass is 9.90. The van der Waals surface area contributed by atoms with Crippen LogP contribution in [0.1, 0.15) is 50.0 Å². The Morgan fingerprint density at radius 1 is 1.22 bits per heavy atom. The lowest BCUT2D eigenvalue weighted by molar-refractivity contribution is 0.341. The summed E-state index contributed by atoms with van der Waals surface area (Å²) in [4.78, 5) is 5.76. The van der Waals surface area contributed by atoms with Crippen molar-refractivity contribution in [3.8, 4) is 17.0 Å². The maximum absolute atomic E-state index is 5.72. The van der Waals surface area contributed by atoms with Crippen molar-refractivity contribution >= 4 is 16.3 Å². The first-order valence-electron chi connectivity index (χ1n) is 8.43. The van der Waals surface area contributed by atoms with Crippen LogP contribution in [0.4, 0.5) is 0 Å². The average Bonchev–Trinajstić information content (AvgIpc) is 3.15. The molecular weight excluding hydrogens is 306 g/mol. The molecule has 1 aliphatic rings. The van der Waals surface area contributed by atoms with E-state index < -0.39 is 0 Å². The molecule has 0 unspecified atom stereocenters. The van der Waals surface area contributed by atoms with Crippen LogP contribution in [0.25, 0.3) is 16.2 Å². The highest BCUT2D eigenvalue weighted by molar-refractivity contribution is 7.16. The van der Waals surface area contributed by atoms with Crippen LogP contribution >= 0.6 is 11.3 Å². The first-order valence-corrected chi connectivity index (χ1v) is 9.25. The predicted octanol–water partition coefficient (Wildman–Crippen LogP) is 4.90. The number of nitrogens with zero attached hydrogens (tertiary/aromatic N) is 3. The third-order valence-corrected chi connectivity index (χ3v) is 5.56. The van der Waals surface area contributed by atoms with E-state index in [1.165, 1.54) is 37.1 Å². The molecule has 23 heavy (non-hydrogen) atoms. The minimum Gasteiger partial charge on any atom is -0.493 e. The fourth-order valence-electron chi connectivity index (χ4n) is 3.32. The summed E-state index contributed by atoms with van der Waals surface area (Å²) in [6.07, 6.45) is 8.61. The number of fused-ring (bicyclic) bond motifs is 1. The molecule has 5 heteroatoms. The number of rotatable bonds is 4. The van der Waals surface area contributed by atoms with Gasteiger partial charge in [-0.1, -0.05) is 42.7 Å². The summed E-state index contributed by atoms with van der Waals surface area (Å²) in [6, 6.07) is 8.06. The van der Waals surface area contributed by atoms with E-state index in [1.807, 2.05) is 35.8 Å². The number of benzene rings is 1. The van der Waals surface area contributed by atoms with Gasteiger partial charge in [0.25, 0.3) is 0 Å². The van der Waals surface area contributed by atoms with E-state index in [0.717, 1.165) is 22.0 Å². The first-order chi connectivity index (χ1) is 11.3. The molecule has 4 nitrogen and oxygen atoms in total. The molecular formula is C18H21N3OS. The first kappa shape index (κ1) is 14.7. The minimum absolute atomic E-state index is 0.634. The molecule has 0 amide bonds. The summed E-state index contributed by atoms with van der Waals surface area (Å²) in [5.74, 6) is 1.52. The monoisotopic (exact) mass is 327 g/mol. The van der Waals surface area contributed by atoms with Gasteiger partial charge in [0.05, 0.1) is 18.5 Å². The summed E-state index contributed by atoms with van der Waals surface area (Å²) in [7, 11) is 0. The van der Waals surface area contributed by atoms with Gasteiger partial charge in [-0.2, -0.15) is 5.10 Å². The Morgan fingerprint density at radius 2 is 2.04 bits per heavy atom. The third-order valence-electron chi connectivity index (χ3n) is 4.48.